The highest BCUT2D eigenvalue weighted by Crippen LogP contribution is 2.20. The maximum atomic E-state index is 5.42. The first-order valence-corrected chi connectivity index (χ1v) is 7.51. The zero-order valence-electron chi connectivity index (χ0n) is 14.6. The predicted octanol–water partition coefficient (Wildman–Crippen LogP) is 2.51. The standard InChI is InChI=1S/C17H26N4O.ClH/c1-13-16(17(22-5)21(4)19-13)11-18-10-14-7-6-8-15(9-14)12-20(2)3;/h6-9,18H,10-12H2,1-5H3;1H. The van der Waals surface area contributed by atoms with Gasteiger partial charge in [0.2, 0.25) is 5.88 Å². The van der Waals surface area contributed by atoms with Gasteiger partial charge in [-0.2, -0.15) is 5.10 Å². The molecule has 0 fully saturated rings. The Hall–Kier alpha value is -1.56. The molecule has 128 valence electrons. The van der Waals surface area contributed by atoms with Gasteiger partial charge in [-0.25, -0.2) is 4.68 Å². The molecule has 6 heteroatoms. The first-order chi connectivity index (χ1) is 10.5. The monoisotopic (exact) mass is 338 g/mol. The van der Waals surface area contributed by atoms with E-state index in [1.54, 1.807) is 11.8 Å². The zero-order chi connectivity index (χ0) is 16.1. The molecule has 0 aliphatic carbocycles. The van der Waals surface area contributed by atoms with Gasteiger partial charge in [0, 0.05) is 26.7 Å². The topological polar surface area (TPSA) is 42.3 Å². The summed E-state index contributed by atoms with van der Waals surface area (Å²) in [6.07, 6.45) is 0. The van der Waals surface area contributed by atoms with Crippen LogP contribution in [0, 0.1) is 6.92 Å². The van der Waals surface area contributed by atoms with Gasteiger partial charge in [-0.3, -0.25) is 0 Å². The molecule has 0 saturated heterocycles. The van der Waals surface area contributed by atoms with Gasteiger partial charge in [-0.1, -0.05) is 24.3 Å². The molecule has 0 spiro atoms. The summed E-state index contributed by atoms with van der Waals surface area (Å²) in [4.78, 5) is 2.18. The Balaban J connectivity index is 0.00000264. The van der Waals surface area contributed by atoms with E-state index in [9.17, 15) is 0 Å². The summed E-state index contributed by atoms with van der Waals surface area (Å²) >= 11 is 0. The molecule has 1 N–H and O–H groups in total. The van der Waals surface area contributed by atoms with Crippen LogP contribution in [0.3, 0.4) is 0 Å². The lowest BCUT2D eigenvalue weighted by molar-refractivity contribution is 0.368. The van der Waals surface area contributed by atoms with Gasteiger partial charge < -0.3 is 15.0 Å². The van der Waals surface area contributed by atoms with Crippen molar-refractivity contribution < 1.29 is 4.74 Å². The second-order valence-corrected chi connectivity index (χ2v) is 5.86. The summed E-state index contributed by atoms with van der Waals surface area (Å²) in [5.74, 6) is 0.825. The number of rotatable bonds is 7. The van der Waals surface area contributed by atoms with Crippen LogP contribution in [0.15, 0.2) is 24.3 Å². The molecule has 2 rings (SSSR count). The van der Waals surface area contributed by atoms with E-state index < -0.39 is 0 Å². The molecule has 1 aromatic carbocycles. The summed E-state index contributed by atoms with van der Waals surface area (Å²) in [6.45, 7) is 4.56. The molecule has 0 aliphatic rings. The molecule has 0 radical (unpaired) electrons. The Labute approximate surface area is 145 Å². The third kappa shape index (κ3) is 5.23. The lowest BCUT2D eigenvalue weighted by Crippen LogP contribution is -2.15. The molecule has 0 atom stereocenters. The van der Waals surface area contributed by atoms with Crippen LogP contribution < -0.4 is 10.1 Å². The summed E-state index contributed by atoms with van der Waals surface area (Å²) < 4.78 is 7.20. The highest BCUT2D eigenvalue weighted by molar-refractivity contribution is 5.85. The van der Waals surface area contributed by atoms with Gasteiger partial charge in [-0.15, -0.1) is 12.4 Å². The third-order valence-electron chi connectivity index (χ3n) is 3.60. The summed E-state index contributed by atoms with van der Waals surface area (Å²) in [7, 11) is 7.76. The van der Waals surface area contributed by atoms with Crippen LogP contribution in [-0.4, -0.2) is 35.9 Å². The van der Waals surface area contributed by atoms with E-state index in [1.165, 1.54) is 11.1 Å². The van der Waals surface area contributed by atoms with Crippen LogP contribution in [0.4, 0.5) is 0 Å². The van der Waals surface area contributed by atoms with Crippen LogP contribution in [0.1, 0.15) is 22.4 Å². The number of nitrogens with one attached hydrogen (secondary N) is 1. The van der Waals surface area contributed by atoms with Crippen LogP contribution >= 0.6 is 12.4 Å². The van der Waals surface area contributed by atoms with Crippen molar-refractivity contribution in [1.29, 1.82) is 0 Å². The highest BCUT2D eigenvalue weighted by Gasteiger charge is 2.12. The number of hydrogen-bond donors (Lipinski definition) is 1. The highest BCUT2D eigenvalue weighted by atomic mass is 35.5. The van der Waals surface area contributed by atoms with Crippen molar-refractivity contribution in [2.75, 3.05) is 21.2 Å². The first kappa shape index (κ1) is 19.5. The minimum absolute atomic E-state index is 0. The van der Waals surface area contributed by atoms with Gasteiger partial charge in [0.05, 0.1) is 18.4 Å². The van der Waals surface area contributed by atoms with Gasteiger partial charge in [0.15, 0.2) is 0 Å². The van der Waals surface area contributed by atoms with Crippen molar-refractivity contribution >= 4 is 12.4 Å². The average Bonchev–Trinajstić information content (AvgIpc) is 2.72. The maximum Gasteiger partial charge on any atom is 0.216 e. The lowest BCUT2D eigenvalue weighted by Gasteiger charge is -2.11. The number of methoxy groups -OCH3 is 1. The quantitative estimate of drug-likeness (QED) is 0.842. The molecule has 5 nitrogen and oxygen atoms in total. The van der Waals surface area contributed by atoms with Crippen molar-refractivity contribution in [2.24, 2.45) is 7.05 Å². The van der Waals surface area contributed by atoms with Crippen LogP contribution in [0.25, 0.3) is 0 Å². The summed E-state index contributed by atoms with van der Waals surface area (Å²) in [5.41, 5.74) is 4.75. The van der Waals surface area contributed by atoms with E-state index in [0.29, 0.717) is 0 Å². The smallest absolute Gasteiger partial charge is 0.216 e. The molecule has 0 aliphatic heterocycles. The normalized spacial score (nSPS) is 10.7. The van der Waals surface area contributed by atoms with Crippen LogP contribution in [0.5, 0.6) is 5.88 Å². The Morgan fingerprint density at radius 1 is 1.22 bits per heavy atom. The minimum Gasteiger partial charge on any atom is -0.481 e. The fraction of sp³-hybridized carbons (Fsp3) is 0.471. The number of nitrogens with zero attached hydrogens (tertiary/aromatic N) is 3. The number of ether oxygens (including phenoxy) is 1. The molecule has 23 heavy (non-hydrogen) atoms. The molecule has 0 bridgehead atoms. The van der Waals surface area contributed by atoms with Crippen LogP contribution in [-0.2, 0) is 26.7 Å². The molecule has 0 unspecified atom stereocenters. The van der Waals surface area contributed by atoms with E-state index in [0.717, 1.165) is 36.8 Å². The number of hydrogen-bond acceptors (Lipinski definition) is 4. The Kier molecular flexibility index (Phi) is 7.55. The van der Waals surface area contributed by atoms with Crippen molar-refractivity contribution in [3.05, 3.63) is 46.6 Å². The largest absolute Gasteiger partial charge is 0.481 e. The summed E-state index contributed by atoms with van der Waals surface area (Å²) in [6, 6.07) is 8.68. The third-order valence-corrected chi connectivity index (χ3v) is 3.60. The second-order valence-electron chi connectivity index (χ2n) is 5.86. The van der Waals surface area contributed by atoms with E-state index >= 15 is 0 Å². The predicted molar refractivity (Wildman–Crippen MR) is 96.1 cm³/mol. The molecule has 1 aromatic heterocycles. The molecular formula is C17H27ClN4O. The molecule has 0 amide bonds. The number of benzene rings is 1. The van der Waals surface area contributed by atoms with Crippen LogP contribution in [0.2, 0.25) is 0 Å². The van der Waals surface area contributed by atoms with Gasteiger partial charge in [0.25, 0.3) is 0 Å². The molecule has 1 heterocycles. The van der Waals surface area contributed by atoms with Gasteiger partial charge >= 0.3 is 0 Å². The van der Waals surface area contributed by atoms with Crippen molar-refractivity contribution in [2.45, 2.75) is 26.6 Å². The SMILES string of the molecule is COc1c(CNCc2cccc(CN(C)C)c2)c(C)nn1C.Cl. The van der Waals surface area contributed by atoms with Crippen molar-refractivity contribution in [3.8, 4) is 5.88 Å². The Morgan fingerprint density at radius 3 is 2.57 bits per heavy atom. The van der Waals surface area contributed by atoms with Crippen molar-refractivity contribution in [3.63, 3.8) is 0 Å². The fourth-order valence-electron chi connectivity index (χ4n) is 2.67. The molecule has 0 saturated carbocycles. The van der Waals surface area contributed by atoms with Gasteiger partial charge in [0.1, 0.15) is 0 Å². The number of aromatic nitrogens is 2. The van der Waals surface area contributed by atoms with E-state index in [1.807, 2.05) is 14.0 Å². The molecule has 2 aromatic rings. The molecular weight excluding hydrogens is 312 g/mol. The van der Waals surface area contributed by atoms with E-state index in [-0.39, 0.29) is 12.4 Å². The Bertz CT molecular complexity index is 625. The second kappa shape index (κ2) is 8.91. The maximum absolute atomic E-state index is 5.42. The summed E-state index contributed by atoms with van der Waals surface area (Å²) in [5, 5.41) is 7.88. The zero-order valence-corrected chi connectivity index (χ0v) is 15.4. The van der Waals surface area contributed by atoms with E-state index in [2.05, 4.69) is 53.7 Å². The number of halogens is 1. The van der Waals surface area contributed by atoms with E-state index in [4.69, 9.17) is 4.74 Å². The first-order valence-electron chi connectivity index (χ1n) is 7.51. The lowest BCUT2D eigenvalue weighted by atomic mass is 10.1. The van der Waals surface area contributed by atoms with Gasteiger partial charge in [-0.05, 0) is 32.1 Å². The number of aryl methyl sites for hydroxylation is 2. The van der Waals surface area contributed by atoms with Crippen molar-refractivity contribution in [1.82, 2.24) is 20.0 Å². The average molecular weight is 339 g/mol. The fourth-order valence-corrected chi connectivity index (χ4v) is 2.67. The minimum atomic E-state index is 0. The Morgan fingerprint density at radius 2 is 1.91 bits per heavy atom.